The molecule has 3 aliphatic carbocycles. The molecule has 13 rings (SSSR count). The van der Waals surface area contributed by atoms with E-state index in [9.17, 15) is 48.3 Å². The highest BCUT2D eigenvalue weighted by molar-refractivity contribution is 6.23. The number of Topliss-reactive ketones (excluding diaryl/α,β-unsaturated/α-hetero) is 1. The van der Waals surface area contributed by atoms with Gasteiger partial charge < -0.3 is 34.7 Å². The van der Waals surface area contributed by atoms with E-state index < -0.39 is 106 Å². The second kappa shape index (κ2) is 25.0. The highest BCUT2D eigenvalue weighted by Gasteiger charge is 2.69. The molecule has 4 bridgehead atoms. The highest BCUT2D eigenvalue weighted by atomic mass is 16.7. The van der Waals surface area contributed by atoms with Gasteiger partial charge in [0.15, 0.2) is 12.4 Å². The van der Waals surface area contributed by atoms with Crippen LogP contribution in [0.5, 0.6) is 11.5 Å². The number of ether oxygens (including phenoxy) is 4. The summed E-state index contributed by atoms with van der Waals surface area (Å²) < 4.78 is 24.6. The van der Waals surface area contributed by atoms with Gasteiger partial charge in [0.1, 0.15) is 11.5 Å². The molecule has 5 aromatic carbocycles. The predicted molar refractivity (Wildman–Crippen MR) is 342 cm³/mol. The van der Waals surface area contributed by atoms with Crippen molar-refractivity contribution in [2.24, 2.45) is 35.5 Å². The van der Waals surface area contributed by atoms with Crippen molar-refractivity contribution >= 4 is 85.6 Å². The number of amides is 4. The Morgan fingerprint density at radius 3 is 1.56 bits per heavy atom. The number of unbranched alkanes of at least 4 members (excludes halogenated alkanes) is 3. The number of ketones is 1. The standard InChI is InChI=1S/C70H65N7O16/c1-4-5-6-7-20-90-47-12-8-36(9-13-47)37-10-14-48(15-11-37)91-34-58(78)38-21-41(71-2)27-43(23-38)75-65(83)54-32-55(66(75)84)60-57-33-56(59(54)60)67(85)77(68(57)86)46-26-40(70(89)93-35-92-49-16-18-73-19-17-49)25-45(29-46)76-63(81)52-30-50-51(31-53(52)64(76)82)62(80)74(61(50)79)44-24-39(69(87)88)22-42(28-44)72-3/h10-11,14-19,21-31,36,47,54-57,59-60,71-72H,4-9,12-13,20,32-35H2,1-3H3,(H,87,88). The van der Waals surface area contributed by atoms with E-state index in [4.69, 9.17) is 18.9 Å². The summed E-state index contributed by atoms with van der Waals surface area (Å²) in [6, 6.07) is 24.9. The van der Waals surface area contributed by atoms with Gasteiger partial charge in [-0.15, -0.1) is 0 Å². The van der Waals surface area contributed by atoms with Crippen molar-refractivity contribution in [3.05, 3.63) is 179 Å². The van der Waals surface area contributed by atoms with Crippen LogP contribution in [0.25, 0.3) is 32.9 Å². The van der Waals surface area contributed by atoms with Gasteiger partial charge in [-0.1, -0.05) is 38.3 Å². The summed E-state index contributed by atoms with van der Waals surface area (Å²) in [4.78, 5) is 163. The monoisotopic (exact) mass is 1260 g/mol. The highest BCUT2D eigenvalue weighted by Crippen LogP contribution is 2.62. The van der Waals surface area contributed by atoms with Gasteiger partial charge in [0.05, 0.1) is 61.5 Å². The summed E-state index contributed by atoms with van der Waals surface area (Å²) in [5, 5.41) is 14.4. The van der Waals surface area contributed by atoms with Crippen LogP contribution in [0.2, 0.25) is 0 Å². The van der Waals surface area contributed by atoms with Crippen LogP contribution in [0.1, 0.15) is 114 Å². The van der Waals surface area contributed by atoms with Crippen molar-refractivity contribution in [1.29, 1.82) is 0 Å². The Kier molecular flexibility index (Phi) is 16.5. The Balaban J connectivity index is 0.761. The predicted octanol–water partition coefficient (Wildman–Crippen LogP) is 8.10. The third-order valence-corrected chi connectivity index (χ3v) is 19.3. The molecule has 2 saturated heterocycles. The maximum atomic E-state index is 15.2. The number of imide groups is 2. The van der Waals surface area contributed by atoms with Crippen LogP contribution in [-0.4, -0.2) is 101 Å². The van der Waals surface area contributed by atoms with Crippen LogP contribution in [0.4, 0.5) is 22.7 Å². The van der Waals surface area contributed by atoms with E-state index in [1.54, 1.807) is 19.2 Å². The molecular weight excluding hydrogens is 1190 g/mol. The molecule has 5 heterocycles. The molecule has 3 aromatic heterocycles. The SMILES string of the molecule is CCCCCCOC1CCC(c2ccc(OCC(=O)c3cc(NC)cc(N4C(=O)C5CC(C4=O)C4C6CC(C(=O)N(c7cc(C(=O)OCOc8ccncc8)cc(-n8c(=O)c9cc%10c(=O)n(-c%11cc(NC)cc(C(=O)O)c%11)c(=O)c%10cc9c8=O)c7)C6=O)C54)c3)cc2)CC1. The first-order valence-corrected chi connectivity index (χ1v) is 31.3. The summed E-state index contributed by atoms with van der Waals surface area (Å²) >= 11 is 0. The summed E-state index contributed by atoms with van der Waals surface area (Å²) in [5.74, 6) is -9.65. The van der Waals surface area contributed by atoms with Crippen LogP contribution in [0.3, 0.4) is 0 Å². The number of hydrogen-bond donors (Lipinski definition) is 3. The van der Waals surface area contributed by atoms with Crippen molar-refractivity contribution in [2.75, 3.05) is 54.5 Å². The van der Waals surface area contributed by atoms with Crippen LogP contribution < -0.4 is 52.1 Å². The Morgan fingerprint density at radius 2 is 1.02 bits per heavy atom. The Hall–Kier alpha value is -10.4. The number of carbonyl (C=O) groups excluding carboxylic acids is 6. The number of aromatic carboxylic acids is 1. The maximum absolute atomic E-state index is 15.2. The number of esters is 1. The first kappa shape index (κ1) is 61.4. The molecule has 0 spiro atoms. The zero-order valence-electron chi connectivity index (χ0n) is 51.1. The molecule has 93 heavy (non-hydrogen) atoms. The number of rotatable bonds is 22. The first-order valence-electron chi connectivity index (χ1n) is 31.3. The minimum atomic E-state index is -1.33. The molecule has 6 atom stereocenters. The maximum Gasteiger partial charge on any atom is 0.341 e. The van der Waals surface area contributed by atoms with E-state index >= 15 is 9.59 Å². The van der Waals surface area contributed by atoms with Gasteiger partial charge in [-0.2, -0.15) is 0 Å². The van der Waals surface area contributed by atoms with E-state index in [0.29, 0.717) is 33.8 Å². The molecule has 23 heteroatoms. The van der Waals surface area contributed by atoms with Crippen molar-refractivity contribution in [3.8, 4) is 22.9 Å². The van der Waals surface area contributed by atoms with Gasteiger partial charge in [0.25, 0.3) is 22.2 Å². The number of aromatic nitrogens is 3. The zero-order chi connectivity index (χ0) is 65.1. The molecule has 6 unspecified atom stereocenters. The van der Waals surface area contributed by atoms with Crippen molar-refractivity contribution in [3.63, 3.8) is 0 Å². The second-order valence-electron chi connectivity index (χ2n) is 24.6. The number of nitrogens with one attached hydrogen (secondary N) is 2. The van der Waals surface area contributed by atoms with E-state index in [0.717, 1.165) is 77.3 Å². The first-order chi connectivity index (χ1) is 44.9. The molecule has 5 fully saturated rings. The number of fused-ring (bicyclic) bond motifs is 11. The molecule has 2 aliphatic heterocycles. The van der Waals surface area contributed by atoms with E-state index in [-0.39, 0.29) is 86.1 Å². The zero-order valence-corrected chi connectivity index (χ0v) is 51.1. The van der Waals surface area contributed by atoms with Crippen LogP contribution >= 0.6 is 0 Å². The lowest BCUT2D eigenvalue weighted by Gasteiger charge is -2.36. The molecule has 3 saturated carbocycles. The van der Waals surface area contributed by atoms with Crippen molar-refractivity contribution in [1.82, 2.24) is 14.1 Å². The topological polar surface area (TPSA) is 298 Å². The van der Waals surface area contributed by atoms with Crippen molar-refractivity contribution < 1.29 is 57.6 Å². The number of benzene rings is 5. The van der Waals surface area contributed by atoms with Crippen LogP contribution in [0.15, 0.2) is 135 Å². The average molecular weight is 1260 g/mol. The number of carboxylic acid groups (broad SMARTS) is 1. The lowest BCUT2D eigenvalue weighted by atomic mass is 9.82. The minimum absolute atomic E-state index is 0.0178. The Labute approximate surface area is 530 Å². The van der Waals surface area contributed by atoms with E-state index in [2.05, 4.69) is 22.5 Å². The van der Waals surface area contributed by atoms with Gasteiger partial charge in [-0.25, -0.2) is 28.5 Å². The van der Waals surface area contributed by atoms with Gasteiger partial charge >= 0.3 is 11.9 Å². The van der Waals surface area contributed by atoms with Gasteiger partial charge in [0, 0.05) is 73.7 Å². The van der Waals surface area contributed by atoms with Gasteiger partial charge in [-0.05, 0) is 159 Å². The number of anilines is 4. The number of piperidine rings is 2. The normalized spacial score (nSPS) is 21.5. The third kappa shape index (κ3) is 11.1. The minimum Gasteiger partial charge on any atom is -0.485 e. The van der Waals surface area contributed by atoms with E-state index in [1.807, 2.05) is 24.3 Å². The summed E-state index contributed by atoms with van der Waals surface area (Å²) in [6.07, 6.45) is 12.1. The van der Waals surface area contributed by atoms with Gasteiger partial charge in [0.2, 0.25) is 30.4 Å². The lowest BCUT2D eigenvalue weighted by molar-refractivity contribution is -0.136. The molecule has 476 valence electrons. The number of carbonyl (C=O) groups is 7. The average Bonchev–Trinajstić information content (AvgIpc) is 1.54. The fourth-order valence-electron chi connectivity index (χ4n) is 14.8. The second-order valence-corrected chi connectivity index (χ2v) is 24.6. The Morgan fingerprint density at radius 1 is 0.538 bits per heavy atom. The molecule has 5 aliphatic rings. The third-order valence-electron chi connectivity index (χ3n) is 19.3. The summed E-state index contributed by atoms with van der Waals surface area (Å²) in [7, 11) is 3.15. The van der Waals surface area contributed by atoms with Crippen LogP contribution in [0, 0.1) is 35.5 Å². The van der Waals surface area contributed by atoms with Crippen molar-refractivity contribution in [2.45, 2.75) is 83.2 Å². The summed E-state index contributed by atoms with van der Waals surface area (Å²) in [6.45, 7) is 2.04. The fourth-order valence-corrected chi connectivity index (χ4v) is 14.8. The number of pyridine rings is 1. The molecule has 8 aromatic rings. The molecule has 0 radical (unpaired) electrons. The quantitative estimate of drug-likeness (QED) is 0.0144. The number of hydrogen-bond acceptors (Lipinski definition) is 18. The summed E-state index contributed by atoms with van der Waals surface area (Å²) in [5.41, 5.74) is -2.83. The molecular formula is C70H65N7O16. The fraction of sp³-hybridized carbons (Fsp3) is 0.343. The number of nitrogens with zero attached hydrogens (tertiary/aromatic N) is 5. The largest absolute Gasteiger partial charge is 0.485 e. The van der Waals surface area contributed by atoms with Crippen LogP contribution in [-0.2, 0) is 28.7 Å². The molecule has 4 amide bonds. The smallest absolute Gasteiger partial charge is 0.341 e. The van der Waals surface area contributed by atoms with E-state index in [1.165, 1.54) is 86.7 Å². The molecule has 23 nitrogen and oxygen atoms in total. The Bertz CT molecular complexity index is 4480. The number of carboxylic acids is 1. The lowest BCUT2D eigenvalue weighted by Crippen LogP contribution is -2.52. The van der Waals surface area contributed by atoms with Gasteiger partial charge in [-0.3, -0.25) is 48.1 Å². The molecule has 3 N–H and O–H groups in total.